The summed E-state index contributed by atoms with van der Waals surface area (Å²) in [7, 11) is -3.41. The number of rotatable bonds is 4. The quantitative estimate of drug-likeness (QED) is 0.867. The Kier molecular flexibility index (Phi) is 3.70. The van der Waals surface area contributed by atoms with Gasteiger partial charge in [0.15, 0.2) is 0 Å². The minimum Gasteiger partial charge on any atom is -0.368 e. The van der Waals surface area contributed by atoms with Crippen LogP contribution >= 0.6 is 0 Å². The van der Waals surface area contributed by atoms with Gasteiger partial charge in [-0.25, -0.2) is 13.1 Å². The van der Waals surface area contributed by atoms with E-state index in [4.69, 9.17) is 0 Å². The number of hydrogen-bond donors (Lipinski definition) is 2. The van der Waals surface area contributed by atoms with Gasteiger partial charge in [-0.05, 0) is 31.9 Å². The maximum Gasteiger partial charge on any atom is 0.242 e. The molecule has 0 radical (unpaired) electrons. The summed E-state index contributed by atoms with van der Waals surface area (Å²) in [6, 6.07) is 7.80. The SMILES string of the molecule is C[C@@H]1CN(c2ccccc2S(=O)(=O)NC2CC2)CCN1. The van der Waals surface area contributed by atoms with Gasteiger partial charge >= 0.3 is 0 Å². The largest absolute Gasteiger partial charge is 0.368 e. The van der Waals surface area contributed by atoms with Gasteiger partial charge in [0.25, 0.3) is 0 Å². The van der Waals surface area contributed by atoms with E-state index < -0.39 is 10.0 Å². The van der Waals surface area contributed by atoms with Crippen molar-refractivity contribution in [3.8, 4) is 0 Å². The van der Waals surface area contributed by atoms with E-state index in [0.717, 1.165) is 38.2 Å². The van der Waals surface area contributed by atoms with Crippen LogP contribution in [-0.4, -0.2) is 40.1 Å². The van der Waals surface area contributed by atoms with E-state index in [1.807, 2.05) is 12.1 Å². The van der Waals surface area contributed by atoms with E-state index in [1.165, 1.54) is 0 Å². The highest BCUT2D eigenvalue weighted by molar-refractivity contribution is 7.89. The van der Waals surface area contributed by atoms with Crippen LogP contribution in [0.1, 0.15) is 19.8 Å². The van der Waals surface area contributed by atoms with Gasteiger partial charge in [0.2, 0.25) is 10.0 Å². The van der Waals surface area contributed by atoms with Crippen LogP contribution < -0.4 is 14.9 Å². The summed E-state index contributed by atoms with van der Waals surface area (Å²) in [4.78, 5) is 2.56. The first-order valence-electron chi connectivity index (χ1n) is 7.16. The predicted molar refractivity (Wildman–Crippen MR) is 79.5 cm³/mol. The summed E-state index contributed by atoms with van der Waals surface area (Å²) in [5.74, 6) is 0. The maximum atomic E-state index is 12.5. The van der Waals surface area contributed by atoms with Gasteiger partial charge in [-0.3, -0.25) is 0 Å². The van der Waals surface area contributed by atoms with Crippen LogP contribution in [0.3, 0.4) is 0 Å². The number of benzene rings is 1. The Morgan fingerprint density at radius 1 is 1.30 bits per heavy atom. The lowest BCUT2D eigenvalue weighted by atomic mass is 10.2. The molecule has 1 aromatic rings. The van der Waals surface area contributed by atoms with E-state index in [-0.39, 0.29) is 6.04 Å². The van der Waals surface area contributed by atoms with Crippen LogP contribution in [0.2, 0.25) is 0 Å². The molecular formula is C14H21N3O2S. The zero-order chi connectivity index (χ0) is 14.2. The van der Waals surface area contributed by atoms with Gasteiger partial charge < -0.3 is 10.2 Å². The van der Waals surface area contributed by atoms with E-state index >= 15 is 0 Å². The molecule has 0 spiro atoms. The summed E-state index contributed by atoms with van der Waals surface area (Å²) >= 11 is 0. The summed E-state index contributed by atoms with van der Waals surface area (Å²) in [5, 5.41) is 3.38. The zero-order valence-electron chi connectivity index (χ0n) is 11.7. The number of sulfonamides is 1. The lowest BCUT2D eigenvalue weighted by Crippen LogP contribution is -2.49. The Hall–Kier alpha value is -1.11. The summed E-state index contributed by atoms with van der Waals surface area (Å²) in [5.41, 5.74) is 0.814. The fourth-order valence-corrected chi connectivity index (χ4v) is 4.11. The highest BCUT2D eigenvalue weighted by atomic mass is 32.2. The van der Waals surface area contributed by atoms with Gasteiger partial charge in [0, 0.05) is 31.7 Å². The minimum absolute atomic E-state index is 0.134. The molecular weight excluding hydrogens is 274 g/mol. The van der Waals surface area contributed by atoms with E-state index in [2.05, 4.69) is 21.9 Å². The number of anilines is 1. The van der Waals surface area contributed by atoms with Gasteiger partial charge in [-0.2, -0.15) is 0 Å². The van der Waals surface area contributed by atoms with Gasteiger partial charge in [-0.15, -0.1) is 0 Å². The summed E-state index contributed by atoms with van der Waals surface area (Å²) in [6.45, 7) is 4.66. The Balaban J connectivity index is 1.91. The molecule has 6 heteroatoms. The molecule has 1 aliphatic heterocycles. The Morgan fingerprint density at radius 3 is 2.75 bits per heavy atom. The second-order valence-corrected chi connectivity index (χ2v) is 7.35. The second-order valence-electron chi connectivity index (χ2n) is 5.66. The normalized spacial score (nSPS) is 23.9. The number of hydrogen-bond acceptors (Lipinski definition) is 4. The lowest BCUT2D eigenvalue weighted by molar-refractivity contribution is 0.482. The van der Waals surface area contributed by atoms with Crippen LogP contribution in [0.4, 0.5) is 5.69 Å². The minimum atomic E-state index is -3.41. The van der Waals surface area contributed by atoms with Crippen molar-refractivity contribution in [3.63, 3.8) is 0 Å². The van der Waals surface area contributed by atoms with Crippen molar-refractivity contribution in [2.75, 3.05) is 24.5 Å². The van der Waals surface area contributed by atoms with Crippen LogP contribution in [0, 0.1) is 0 Å². The number of piperazine rings is 1. The van der Waals surface area contributed by atoms with Crippen molar-refractivity contribution in [3.05, 3.63) is 24.3 Å². The molecule has 1 aliphatic carbocycles. The Morgan fingerprint density at radius 2 is 2.05 bits per heavy atom. The third kappa shape index (κ3) is 2.97. The van der Waals surface area contributed by atoms with Gasteiger partial charge in [0.05, 0.1) is 5.69 Å². The molecule has 0 unspecified atom stereocenters. The number of para-hydroxylation sites is 1. The van der Waals surface area contributed by atoms with Gasteiger partial charge in [0.1, 0.15) is 4.90 Å². The first kappa shape index (κ1) is 13.9. The molecule has 20 heavy (non-hydrogen) atoms. The van der Waals surface area contributed by atoms with Crippen LogP contribution in [0.5, 0.6) is 0 Å². The smallest absolute Gasteiger partial charge is 0.242 e. The topological polar surface area (TPSA) is 61.4 Å². The maximum absolute atomic E-state index is 12.5. The molecule has 2 aliphatic rings. The third-order valence-corrected chi connectivity index (χ3v) is 5.33. The molecule has 0 aromatic heterocycles. The van der Waals surface area contributed by atoms with E-state index in [9.17, 15) is 8.42 Å². The highest BCUT2D eigenvalue weighted by Crippen LogP contribution is 2.28. The monoisotopic (exact) mass is 295 g/mol. The Labute approximate surface area is 120 Å². The average Bonchev–Trinajstić information content (AvgIpc) is 3.22. The first-order valence-corrected chi connectivity index (χ1v) is 8.64. The second kappa shape index (κ2) is 5.35. The predicted octanol–water partition coefficient (Wildman–Crippen LogP) is 0.925. The van der Waals surface area contributed by atoms with Crippen molar-refractivity contribution in [1.82, 2.24) is 10.0 Å². The lowest BCUT2D eigenvalue weighted by Gasteiger charge is -2.34. The zero-order valence-corrected chi connectivity index (χ0v) is 12.5. The average molecular weight is 295 g/mol. The molecule has 110 valence electrons. The molecule has 0 bridgehead atoms. The van der Waals surface area contributed by atoms with Crippen LogP contribution in [-0.2, 0) is 10.0 Å². The van der Waals surface area contributed by atoms with Crippen molar-refractivity contribution >= 4 is 15.7 Å². The third-order valence-electron chi connectivity index (χ3n) is 3.76. The van der Waals surface area contributed by atoms with Crippen molar-refractivity contribution in [2.45, 2.75) is 36.7 Å². The molecule has 5 nitrogen and oxygen atoms in total. The van der Waals surface area contributed by atoms with Crippen LogP contribution in [0.25, 0.3) is 0 Å². The van der Waals surface area contributed by atoms with E-state index in [1.54, 1.807) is 12.1 Å². The fraction of sp³-hybridized carbons (Fsp3) is 0.571. The van der Waals surface area contributed by atoms with Crippen molar-refractivity contribution in [2.24, 2.45) is 0 Å². The molecule has 0 amide bonds. The van der Waals surface area contributed by atoms with E-state index in [0.29, 0.717) is 10.9 Å². The molecule has 1 saturated carbocycles. The summed E-state index contributed by atoms with van der Waals surface area (Å²) < 4.78 is 27.7. The van der Waals surface area contributed by atoms with Crippen molar-refractivity contribution < 1.29 is 8.42 Å². The molecule has 1 aromatic carbocycles. The highest BCUT2D eigenvalue weighted by Gasteiger charge is 2.30. The Bertz CT molecular complexity index is 584. The molecule has 2 fully saturated rings. The fourth-order valence-electron chi connectivity index (χ4n) is 2.58. The first-order chi connectivity index (χ1) is 9.56. The van der Waals surface area contributed by atoms with Gasteiger partial charge in [-0.1, -0.05) is 12.1 Å². The van der Waals surface area contributed by atoms with Crippen LogP contribution in [0.15, 0.2) is 29.2 Å². The molecule has 2 N–H and O–H groups in total. The summed E-state index contributed by atoms with van der Waals surface area (Å²) in [6.07, 6.45) is 1.90. The molecule has 1 atom stereocenters. The molecule has 1 saturated heterocycles. The number of nitrogens with zero attached hydrogens (tertiary/aromatic N) is 1. The molecule has 1 heterocycles. The van der Waals surface area contributed by atoms with Crippen molar-refractivity contribution in [1.29, 1.82) is 0 Å². The standard InChI is InChI=1S/C14H21N3O2S/c1-11-10-17(9-8-15-11)13-4-2-3-5-14(13)20(18,19)16-12-6-7-12/h2-5,11-12,15-16H,6-10H2,1H3/t11-/m1/s1. The number of nitrogens with one attached hydrogen (secondary N) is 2. The molecule has 3 rings (SSSR count).